The van der Waals surface area contributed by atoms with E-state index in [4.69, 9.17) is 4.42 Å². The van der Waals surface area contributed by atoms with Crippen LogP contribution in [-0.2, 0) is 0 Å². The van der Waals surface area contributed by atoms with E-state index in [1.807, 2.05) is 40.1 Å². The van der Waals surface area contributed by atoms with Crippen LogP contribution in [0.3, 0.4) is 0 Å². The molecule has 1 aromatic carbocycles. The van der Waals surface area contributed by atoms with Crippen LogP contribution in [0.2, 0.25) is 0 Å². The molecule has 2 fully saturated rings. The van der Waals surface area contributed by atoms with Crippen LogP contribution >= 0.6 is 0 Å². The number of nitrogens with zero attached hydrogens (tertiary/aromatic N) is 2. The second-order valence-corrected chi connectivity index (χ2v) is 6.85. The Morgan fingerprint density at radius 1 is 0.960 bits per heavy atom. The summed E-state index contributed by atoms with van der Waals surface area (Å²) in [5.74, 6) is 0.802. The summed E-state index contributed by atoms with van der Waals surface area (Å²) >= 11 is 0. The van der Waals surface area contributed by atoms with Gasteiger partial charge in [-0.2, -0.15) is 0 Å². The number of furan rings is 1. The second-order valence-electron chi connectivity index (χ2n) is 6.85. The van der Waals surface area contributed by atoms with Crippen LogP contribution < -0.4 is 0 Å². The van der Waals surface area contributed by atoms with E-state index in [1.165, 1.54) is 6.26 Å². The highest BCUT2D eigenvalue weighted by atomic mass is 16.3. The molecule has 2 amide bonds. The Labute approximate surface area is 147 Å². The van der Waals surface area contributed by atoms with Crippen LogP contribution in [0.4, 0.5) is 0 Å². The second kappa shape index (κ2) is 6.75. The van der Waals surface area contributed by atoms with Crippen molar-refractivity contribution in [2.24, 2.45) is 5.92 Å². The minimum atomic E-state index is -0.0463. The maximum Gasteiger partial charge on any atom is 0.289 e. The number of likely N-dealkylation sites (tertiary alicyclic amines) is 2. The van der Waals surface area contributed by atoms with E-state index in [0.29, 0.717) is 24.8 Å². The maximum absolute atomic E-state index is 12.9. The van der Waals surface area contributed by atoms with Gasteiger partial charge in [0.2, 0.25) is 0 Å². The monoisotopic (exact) mass is 338 g/mol. The van der Waals surface area contributed by atoms with Gasteiger partial charge in [0.1, 0.15) is 0 Å². The number of fused-ring (bicyclic) bond motifs is 1. The van der Waals surface area contributed by atoms with Gasteiger partial charge in [0, 0.05) is 31.2 Å². The lowest BCUT2D eigenvalue weighted by Crippen LogP contribution is -2.56. The minimum absolute atomic E-state index is 0.0463. The summed E-state index contributed by atoms with van der Waals surface area (Å²) in [6, 6.07) is 13.2. The minimum Gasteiger partial charge on any atom is -0.459 e. The Morgan fingerprint density at radius 3 is 2.56 bits per heavy atom. The fraction of sp³-hybridized carbons (Fsp3) is 0.400. The maximum atomic E-state index is 12.9. The van der Waals surface area contributed by atoms with Gasteiger partial charge in [0.05, 0.1) is 6.26 Å². The van der Waals surface area contributed by atoms with E-state index in [0.717, 1.165) is 31.4 Å². The van der Waals surface area contributed by atoms with Crippen molar-refractivity contribution in [3.63, 3.8) is 0 Å². The lowest BCUT2D eigenvalue weighted by atomic mass is 9.83. The summed E-state index contributed by atoms with van der Waals surface area (Å²) in [4.78, 5) is 29.3. The summed E-state index contributed by atoms with van der Waals surface area (Å²) in [5.41, 5.74) is 0.747. The fourth-order valence-electron chi connectivity index (χ4n) is 4.14. The molecule has 5 nitrogen and oxygen atoms in total. The summed E-state index contributed by atoms with van der Waals surface area (Å²) in [5, 5.41) is 0. The molecule has 0 aliphatic carbocycles. The standard InChI is InChI=1S/C20H22N2O3/c23-19(15-6-2-1-3-7-15)22-11-4-8-16-14-21(12-10-17(16)22)20(24)18-9-5-13-25-18/h1-3,5-7,9,13,16-17H,4,8,10-12,14H2/t16-,17+/m1/s1. The number of carbonyl (C=O) groups is 2. The van der Waals surface area contributed by atoms with Crippen LogP contribution in [-0.4, -0.2) is 47.3 Å². The summed E-state index contributed by atoms with van der Waals surface area (Å²) < 4.78 is 5.25. The third-order valence-electron chi connectivity index (χ3n) is 5.37. The zero-order valence-corrected chi connectivity index (χ0v) is 14.1. The molecule has 2 aliphatic heterocycles. The van der Waals surface area contributed by atoms with Gasteiger partial charge in [-0.1, -0.05) is 18.2 Å². The SMILES string of the molecule is O=C(c1ccco1)N1CC[C@H]2[C@H](CCCN2C(=O)c2ccccc2)C1. The van der Waals surface area contributed by atoms with Gasteiger partial charge in [0.15, 0.2) is 5.76 Å². The van der Waals surface area contributed by atoms with Gasteiger partial charge in [-0.15, -0.1) is 0 Å². The molecule has 5 heteroatoms. The number of piperidine rings is 2. The van der Waals surface area contributed by atoms with Crippen LogP contribution in [0, 0.1) is 5.92 Å². The summed E-state index contributed by atoms with van der Waals surface area (Å²) in [6.07, 6.45) is 4.41. The average Bonchev–Trinajstić information content (AvgIpc) is 3.21. The number of amides is 2. The lowest BCUT2D eigenvalue weighted by molar-refractivity contribution is 0.0187. The zero-order chi connectivity index (χ0) is 17.2. The molecule has 0 unspecified atom stereocenters. The van der Waals surface area contributed by atoms with Crippen molar-refractivity contribution in [2.45, 2.75) is 25.3 Å². The topological polar surface area (TPSA) is 53.8 Å². The Hall–Kier alpha value is -2.56. The average molecular weight is 338 g/mol. The van der Waals surface area contributed by atoms with Crippen LogP contribution in [0.15, 0.2) is 53.1 Å². The van der Waals surface area contributed by atoms with E-state index >= 15 is 0 Å². The van der Waals surface area contributed by atoms with Gasteiger partial charge >= 0.3 is 0 Å². The van der Waals surface area contributed by atoms with Crippen molar-refractivity contribution in [1.29, 1.82) is 0 Å². The lowest BCUT2D eigenvalue weighted by Gasteiger charge is -2.47. The Kier molecular flexibility index (Phi) is 4.30. The largest absolute Gasteiger partial charge is 0.459 e. The number of rotatable bonds is 2. The molecule has 0 spiro atoms. The van der Waals surface area contributed by atoms with Crippen molar-refractivity contribution in [3.8, 4) is 0 Å². The first-order chi connectivity index (χ1) is 12.2. The third kappa shape index (κ3) is 3.06. The zero-order valence-electron chi connectivity index (χ0n) is 14.1. The third-order valence-corrected chi connectivity index (χ3v) is 5.37. The molecule has 2 aliphatic rings. The molecule has 1 aromatic heterocycles. The van der Waals surface area contributed by atoms with E-state index in [2.05, 4.69) is 0 Å². The van der Waals surface area contributed by atoms with Crippen LogP contribution in [0.1, 0.15) is 40.2 Å². The Balaban J connectivity index is 1.48. The smallest absolute Gasteiger partial charge is 0.289 e. The predicted octanol–water partition coefficient (Wildman–Crippen LogP) is 3.05. The highest BCUT2D eigenvalue weighted by molar-refractivity contribution is 5.94. The highest BCUT2D eigenvalue weighted by Crippen LogP contribution is 2.32. The number of benzene rings is 1. The Morgan fingerprint density at radius 2 is 1.80 bits per heavy atom. The van der Waals surface area contributed by atoms with Crippen molar-refractivity contribution in [1.82, 2.24) is 9.80 Å². The molecule has 0 saturated carbocycles. The van der Waals surface area contributed by atoms with E-state index < -0.39 is 0 Å². The molecule has 130 valence electrons. The molecule has 3 heterocycles. The molecule has 25 heavy (non-hydrogen) atoms. The van der Waals surface area contributed by atoms with Crippen LogP contribution in [0.25, 0.3) is 0 Å². The summed E-state index contributed by atoms with van der Waals surface area (Å²) in [6.45, 7) is 2.17. The highest BCUT2D eigenvalue weighted by Gasteiger charge is 2.39. The van der Waals surface area contributed by atoms with E-state index in [-0.39, 0.29) is 17.9 Å². The van der Waals surface area contributed by atoms with Crippen molar-refractivity contribution in [3.05, 3.63) is 60.1 Å². The molecule has 2 saturated heterocycles. The summed E-state index contributed by atoms with van der Waals surface area (Å²) in [7, 11) is 0. The molecule has 0 radical (unpaired) electrons. The van der Waals surface area contributed by atoms with E-state index in [9.17, 15) is 9.59 Å². The van der Waals surface area contributed by atoms with Crippen molar-refractivity contribution in [2.75, 3.05) is 19.6 Å². The molecule has 2 atom stereocenters. The first kappa shape index (κ1) is 15.9. The van der Waals surface area contributed by atoms with Gasteiger partial charge in [-0.25, -0.2) is 0 Å². The quantitative estimate of drug-likeness (QED) is 0.846. The fourth-order valence-corrected chi connectivity index (χ4v) is 4.14. The molecule has 2 aromatic rings. The number of hydrogen-bond acceptors (Lipinski definition) is 3. The predicted molar refractivity (Wildman–Crippen MR) is 93.2 cm³/mol. The molecular formula is C20H22N2O3. The van der Waals surface area contributed by atoms with Crippen LogP contribution in [0.5, 0.6) is 0 Å². The molecular weight excluding hydrogens is 316 g/mol. The van der Waals surface area contributed by atoms with Gasteiger partial charge in [0.25, 0.3) is 11.8 Å². The van der Waals surface area contributed by atoms with E-state index in [1.54, 1.807) is 12.1 Å². The van der Waals surface area contributed by atoms with Gasteiger partial charge in [-0.05, 0) is 49.4 Å². The molecule has 4 rings (SSSR count). The first-order valence-electron chi connectivity index (χ1n) is 8.93. The normalized spacial score (nSPS) is 23.2. The van der Waals surface area contributed by atoms with Crippen molar-refractivity contribution >= 4 is 11.8 Å². The first-order valence-corrected chi connectivity index (χ1v) is 8.93. The molecule has 0 N–H and O–H groups in total. The number of carbonyl (C=O) groups excluding carboxylic acids is 2. The van der Waals surface area contributed by atoms with Crippen molar-refractivity contribution < 1.29 is 14.0 Å². The Bertz CT molecular complexity index is 742. The van der Waals surface area contributed by atoms with Gasteiger partial charge in [-0.3, -0.25) is 9.59 Å². The molecule has 0 bridgehead atoms. The number of hydrogen-bond donors (Lipinski definition) is 0. The van der Waals surface area contributed by atoms with Gasteiger partial charge < -0.3 is 14.2 Å².